The lowest BCUT2D eigenvalue weighted by Crippen LogP contribution is -2.18. The molecule has 0 atom stereocenters. The van der Waals surface area contributed by atoms with Crippen molar-refractivity contribution in [3.05, 3.63) is 63.2 Å². The van der Waals surface area contributed by atoms with E-state index >= 15 is 0 Å². The van der Waals surface area contributed by atoms with Crippen LogP contribution in [0.5, 0.6) is 0 Å². The second-order valence-corrected chi connectivity index (χ2v) is 6.77. The van der Waals surface area contributed by atoms with Crippen molar-refractivity contribution in [1.29, 1.82) is 0 Å². The number of nitro benzene ring substituents is 1. The third-order valence-electron chi connectivity index (χ3n) is 3.23. The number of nitrogens with zero attached hydrogens (tertiary/aromatic N) is 1. The Balaban J connectivity index is 1.78. The summed E-state index contributed by atoms with van der Waals surface area (Å²) in [5.74, 6) is -0.427. The average molecular weight is 394 g/mol. The Morgan fingerprint density at radius 3 is 2.15 bits per heavy atom. The minimum absolute atomic E-state index is 0.00449. The fourth-order valence-electron chi connectivity index (χ4n) is 2.00. The fourth-order valence-corrected chi connectivity index (χ4v) is 2.80. The molecule has 0 saturated carbocycles. The third-order valence-corrected chi connectivity index (χ3v) is 4.48. The predicted molar refractivity (Wildman–Crippen MR) is 104 cm³/mol. The van der Waals surface area contributed by atoms with Crippen LogP contribution in [-0.4, -0.2) is 28.2 Å². The van der Waals surface area contributed by atoms with Crippen molar-refractivity contribution >= 4 is 52.2 Å². The summed E-state index contributed by atoms with van der Waals surface area (Å²) in [6.07, 6.45) is 0. The van der Waals surface area contributed by atoms with Crippen LogP contribution in [0.4, 0.5) is 17.1 Å². The summed E-state index contributed by atoms with van der Waals surface area (Å²) in [4.78, 5) is 33.9. The Kier molecular flexibility index (Phi) is 6.99. The SMILES string of the molecule is Cc1ccc(NC(=O)CSCC(=O)Nc2ccc(Cl)c([N+](=O)[O-])c2)cc1. The monoisotopic (exact) mass is 393 g/mol. The van der Waals surface area contributed by atoms with Gasteiger partial charge in [0.25, 0.3) is 5.69 Å². The molecule has 2 aromatic rings. The molecule has 0 aromatic heterocycles. The lowest BCUT2D eigenvalue weighted by molar-refractivity contribution is -0.384. The molecule has 0 fully saturated rings. The molecule has 0 aliphatic heterocycles. The van der Waals surface area contributed by atoms with E-state index in [9.17, 15) is 19.7 Å². The molecule has 26 heavy (non-hydrogen) atoms. The smallest absolute Gasteiger partial charge is 0.289 e. The molecule has 0 aliphatic rings. The fraction of sp³-hybridized carbons (Fsp3) is 0.176. The molecule has 0 saturated heterocycles. The van der Waals surface area contributed by atoms with E-state index in [1.165, 1.54) is 18.2 Å². The van der Waals surface area contributed by atoms with Gasteiger partial charge in [-0.1, -0.05) is 29.3 Å². The van der Waals surface area contributed by atoms with Crippen molar-refractivity contribution < 1.29 is 14.5 Å². The molecule has 136 valence electrons. The van der Waals surface area contributed by atoms with Crippen LogP contribution in [0.15, 0.2) is 42.5 Å². The normalized spacial score (nSPS) is 10.2. The van der Waals surface area contributed by atoms with E-state index in [1.54, 1.807) is 12.1 Å². The van der Waals surface area contributed by atoms with E-state index in [-0.39, 0.29) is 39.7 Å². The summed E-state index contributed by atoms with van der Waals surface area (Å²) in [5, 5.41) is 16.1. The molecule has 0 aliphatic carbocycles. The lowest BCUT2D eigenvalue weighted by Gasteiger charge is -2.07. The highest BCUT2D eigenvalue weighted by Gasteiger charge is 2.14. The number of amides is 2. The first-order valence-electron chi connectivity index (χ1n) is 7.53. The molecule has 0 heterocycles. The van der Waals surface area contributed by atoms with Gasteiger partial charge < -0.3 is 10.6 Å². The number of halogens is 1. The van der Waals surface area contributed by atoms with Crippen LogP contribution in [0.1, 0.15) is 5.56 Å². The summed E-state index contributed by atoms with van der Waals surface area (Å²) in [7, 11) is 0. The summed E-state index contributed by atoms with van der Waals surface area (Å²) in [6.45, 7) is 1.95. The second kappa shape index (κ2) is 9.21. The van der Waals surface area contributed by atoms with Gasteiger partial charge in [-0.2, -0.15) is 0 Å². The van der Waals surface area contributed by atoms with Gasteiger partial charge >= 0.3 is 0 Å². The van der Waals surface area contributed by atoms with E-state index in [0.717, 1.165) is 17.3 Å². The minimum atomic E-state index is -0.623. The molecule has 0 unspecified atom stereocenters. The van der Waals surface area contributed by atoms with Crippen molar-refractivity contribution in [2.75, 3.05) is 22.1 Å². The van der Waals surface area contributed by atoms with E-state index < -0.39 is 4.92 Å². The number of thioether (sulfide) groups is 1. The van der Waals surface area contributed by atoms with Gasteiger partial charge in [-0.15, -0.1) is 11.8 Å². The highest BCUT2D eigenvalue weighted by molar-refractivity contribution is 8.00. The van der Waals surface area contributed by atoms with Crippen LogP contribution in [-0.2, 0) is 9.59 Å². The van der Waals surface area contributed by atoms with E-state index in [2.05, 4.69) is 10.6 Å². The van der Waals surface area contributed by atoms with E-state index in [4.69, 9.17) is 11.6 Å². The number of hydrogen-bond acceptors (Lipinski definition) is 5. The number of nitro groups is 1. The van der Waals surface area contributed by atoms with Crippen molar-refractivity contribution in [2.45, 2.75) is 6.92 Å². The summed E-state index contributed by atoms with van der Waals surface area (Å²) >= 11 is 6.86. The van der Waals surface area contributed by atoms with Crippen LogP contribution < -0.4 is 10.6 Å². The second-order valence-electron chi connectivity index (χ2n) is 5.38. The maximum Gasteiger partial charge on any atom is 0.289 e. The topological polar surface area (TPSA) is 101 Å². The van der Waals surface area contributed by atoms with Gasteiger partial charge in [0.2, 0.25) is 11.8 Å². The zero-order chi connectivity index (χ0) is 19.1. The van der Waals surface area contributed by atoms with Crippen LogP contribution in [0.3, 0.4) is 0 Å². The number of nitrogens with one attached hydrogen (secondary N) is 2. The molecule has 2 rings (SSSR count). The van der Waals surface area contributed by atoms with E-state index in [0.29, 0.717) is 5.69 Å². The molecular formula is C17H16ClN3O4S. The number of hydrogen-bond donors (Lipinski definition) is 2. The third kappa shape index (κ3) is 6.05. The molecule has 0 spiro atoms. The van der Waals surface area contributed by atoms with Gasteiger partial charge in [-0.05, 0) is 31.2 Å². The molecule has 0 bridgehead atoms. The molecule has 0 radical (unpaired) electrons. The zero-order valence-electron chi connectivity index (χ0n) is 13.8. The summed E-state index contributed by atoms with van der Waals surface area (Å²) < 4.78 is 0. The van der Waals surface area contributed by atoms with Crippen molar-refractivity contribution in [1.82, 2.24) is 0 Å². The van der Waals surface area contributed by atoms with Crippen molar-refractivity contribution in [3.63, 3.8) is 0 Å². The highest BCUT2D eigenvalue weighted by Crippen LogP contribution is 2.27. The first-order chi connectivity index (χ1) is 12.3. The van der Waals surface area contributed by atoms with Gasteiger partial charge in [-0.3, -0.25) is 19.7 Å². The molecule has 9 heteroatoms. The molecule has 7 nitrogen and oxygen atoms in total. The Labute approximate surface area is 159 Å². The highest BCUT2D eigenvalue weighted by atomic mass is 35.5. The minimum Gasteiger partial charge on any atom is -0.325 e. The molecule has 2 N–H and O–H groups in total. The molecular weight excluding hydrogens is 378 g/mol. The Morgan fingerprint density at radius 1 is 1.04 bits per heavy atom. The summed E-state index contributed by atoms with van der Waals surface area (Å²) in [5.41, 5.74) is 1.78. The van der Waals surface area contributed by atoms with Gasteiger partial charge in [0.1, 0.15) is 5.02 Å². The van der Waals surface area contributed by atoms with Gasteiger partial charge in [0.15, 0.2) is 0 Å². The number of carbonyl (C=O) groups is 2. The first kappa shape index (κ1) is 19.7. The van der Waals surface area contributed by atoms with Gasteiger partial charge in [0, 0.05) is 17.4 Å². The van der Waals surface area contributed by atoms with Crippen molar-refractivity contribution in [2.24, 2.45) is 0 Å². The van der Waals surface area contributed by atoms with E-state index in [1.807, 2.05) is 19.1 Å². The van der Waals surface area contributed by atoms with Gasteiger partial charge in [0.05, 0.1) is 16.4 Å². The van der Waals surface area contributed by atoms with Crippen LogP contribution in [0, 0.1) is 17.0 Å². The number of benzene rings is 2. The Bertz CT molecular complexity index is 827. The standard InChI is InChI=1S/C17H16ClN3O4S/c1-11-2-4-12(5-3-11)19-16(22)9-26-10-17(23)20-13-6-7-14(18)15(8-13)21(24)25/h2-8H,9-10H2,1H3,(H,19,22)(H,20,23). The van der Waals surface area contributed by atoms with Crippen LogP contribution >= 0.6 is 23.4 Å². The first-order valence-corrected chi connectivity index (χ1v) is 9.06. The lowest BCUT2D eigenvalue weighted by atomic mass is 10.2. The van der Waals surface area contributed by atoms with Crippen LogP contribution in [0.25, 0.3) is 0 Å². The average Bonchev–Trinajstić information content (AvgIpc) is 2.58. The maximum atomic E-state index is 11.9. The van der Waals surface area contributed by atoms with Crippen molar-refractivity contribution in [3.8, 4) is 0 Å². The van der Waals surface area contributed by atoms with Gasteiger partial charge in [-0.25, -0.2) is 0 Å². The number of aryl methyl sites for hydroxylation is 1. The maximum absolute atomic E-state index is 11.9. The quantitative estimate of drug-likeness (QED) is 0.549. The molecule has 2 aromatic carbocycles. The Hall–Kier alpha value is -2.58. The predicted octanol–water partition coefficient (Wildman–Crippen LogP) is 3.87. The number of rotatable bonds is 7. The zero-order valence-corrected chi connectivity index (χ0v) is 15.4. The Morgan fingerprint density at radius 2 is 1.58 bits per heavy atom. The largest absolute Gasteiger partial charge is 0.325 e. The molecule has 2 amide bonds. The van der Waals surface area contributed by atoms with Crippen LogP contribution in [0.2, 0.25) is 5.02 Å². The number of carbonyl (C=O) groups excluding carboxylic acids is 2. The number of anilines is 2. The summed E-state index contributed by atoms with van der Waals surface area (Å²) in [6, 6.07) is 11.4.